The highest BCUT2D eigenvalue weighted by atomic mass is 79.9. The topological polar surface area (TPSA) is 49.8 Å². The number of nitrogens with one attached hydrogen (secondary N) is 2. The van der Waals surface area contributed by atoms with Gasteiger partial charge in [-0.15, -0.1) is 0 Å². The van der Waals surface area contributed by atoms with Gasteiger partial charge in [0, 0.05) is 17.1 Å². The molecule has 0 aliphatic carbocycles. The van der Waals surface area contributed by atoms with Crippen LogP contribution in [0.5, 0.6) is 0 Å². The van der Waals surface area contributed by atoms with Crippen LogP contribution >= 0.6 is 15.9 Å². The molecule has 0 amide bonds. The molecule has 0 fully saturated rings. The summed E-state index contributed by atoms with van der Waals surface area (Å²) in [5, 5.41) is 6.63. The lowest BCUT2D eigenvalue weighted by Gasteiger charge is -2.10. The maximum Gasteiger partial charge on any atom is 0.135 e. The smallest absolute Gasteiger partial charge is 0.135 e. The Bertz CT molecular complexity index is 586. The van der Waals surface area contributed by atoms with E-state index in [4.69, 9.17) is 0 Å². The van der Waals surface area contributed by atoms with Crippen molar-refractivity contribution in [3.8, 4) is 0 Å². The molecular weight excluding hydrogens is 328 g/mol. The van der Waals surface area contributed by atoms with Gasteiger partial charge in [0.15, 0.2) is 0 Å². The third-order valence-corrected chi connectivity index (χ3v) is 3.80. The second-order valence-electron chi connectivity index (χ2n) is 5.03. The fourth-order valence-electron chi connectivity index (χ4n) is 1.97. The maximum atomic E-state index is 4.26. The summed E-state index contributed by atoms with van der Waals surface area (Å²) in [7, 11) is 0. The van der Waals surface area contributed by atoms with Crippen molar-refractivity contribution in [2.75, 3.05) is 17.2 Å². The Hall–Kier alpha value is -1.62. The van der Waals surface area contributed by atoms with Crippen molar-refractivity contribution >= 4 is 33.3 Å². The Morgan fingerprint density at radius 1 is 1.10 bits per heavy atom. The van der Waals surface area contributed by atoms with Crippen LogP contribution in [-0.4, -0.2) is 16.5 Å². The summed E-state index contributed by atoms with van der Waals surface area (Å²) in [6, 6.07) is 8.11. The highest BCUT2D eigenvalue weighted by molar-refractivity contribution is 9.10. The van der Waals surface area contributed by atoms with E-state index in [2.05, 4.69) is 62.5 Å². The average molecular weight is 349 g/mol. The number of hydrogen-bond acceptors (Lipinski definition) is 4. The van der Waals surface area contributed by atoms with E-state index in [0.29, 0.717) is 0 Å². The predicted octanol–water partition coefficient (Wildman–Crippen LogP) is 4.89. The number of nitrogens with zero attached hydrogens (tertiary/aromatic N) is 2. The maximum absolute atomic E-state index is 4.26. The van der Waals surface area contributed by atoms with Gasteiger partial charge in [0.2, 0.25) is 0 Å². The van der Waals surface area contributed by atoms with Crippen LogP contribution in [0, 0.1) is 6.92 Å². The van der Waals surface area contributed by atoms with Crippen LogP contribution in [0.3, 0.4) is 0 Å². The molecule has 2 aromatic rings. The molecule has 0 unspecified atom stereocenters. The Balaban J connectivity index is 2.00. The van der Waals surface area contributed by atoms with Gasteiger partial charge in [-0.25, -0.2) is 9.97 Å². The minimum Gasteiger partial charge on any atom is -0.370 e. The van der Waals surface area contributed by atoms with Crippen LogP contribution in [0.4, 0.5) is 17.3 Å². The molecular formula is C16H21BrN4. The van der Waals surface area contributed by atoms with Crippen LogP contribution < -0.4 is 10.6 Å². The third kappa shape index (κ3) is 5.01. The van der Waals surface area contributed by atoms with Crippen LogP contribution in [0.2, 0.25) is 0 Å². The molecule has 0 radical (unpaired) electrons. The Kier molecular flexibility index (Phi) is 5.99. The lowest BCUT2D eigenvalue weighted by atomic mass is 10.2. The fourth-order valence-corrected chi connectivity index (χ4v) is 2.57. The van der Waals surface area contributed by atoms with E-state index in [1.807, 2.05) is 12.1 Å². The molecule has 112 valence electrons. The van der Waals surface area contributed by atoms with Gasteiger partial charge in [-0.05, 0) is 47.0 Å². The molecule has 0 atom stereocenters. The number of rotatable bonds is 7. The van der Waals surface area contributed by atoms with Crippen LogP contribution in [0.1, 0.15) is 31.7 Å². The van der Waals surface area contributed by atoms with Crippen molar-refractivity contribution in [2.24, 2.45) is 0 Å². The second-order valence-corrected chi connectivity index (χ2v) is 5.89. The molecule has 5 heteroatoms. The van der Waals surface area contributed by atoms with E-state index in [-0.39, 0.29) is 0 Å². The van der Waals surface area contributed by atoms with Gasteiger partial charge in [0.05, 0.1) is 5.69 Å². The van der Waals surface area contributed by atoms with Gasteiger partial charge < -0.3 is 10.6 Å². The molecule has 1 aromatic heterocycles. The van der Waals surface area contributed by atoms with Gasteiger partial charge in [-0.1, -0.05) is 25.8 Å². The minimum absolute atomic E-state index is 0.785. The molecule has 0 bridgehead atoms. The number of anilines is 3. The third-order valence-electron chi connectivity index (χ3n) is 3.14. The van der Waals surface area contributed by atoms with Crippen LogP contribution in [-0.2, 0) is 0 Å². The summed E-state index contributed by atoms with van der Waals surface area (Å²) < 4.78 is 1.03. The van der Waals surface area contributed by atoms with E-state index in [1.54, 1.807) is 6.33 Å². The highest BCUT2D eigenvalue weighted by Gasteiger charge is 2.03. The number of aromatic nitrogens is 2. The van der Waals surface area contributed by atoms with Crippen LogP contribution in [0.15, 0.2) is 35.1 Å². The number of benzene rings is 1. The number of unbranched alkanes of at least 4 members (excludes halogenated alkanes) is 2. The van der Waals surface area contributed by atoms with E-state index < -0.39 is 0 Å². The summed E-state index contributed by atoms with van der Waals surface area (Å²) in [5.74, 6) is 1.64. The van der Waals surface area contributed by atoms with Crippen LogP contribution in [0.25, 0.3) is 0 Å². The zero-order valence-electron chi connectivity index (χ0n) is 12.5. The van der Waals surface area contributed by atoms with Gasteiger partial charge in [0.1, 0.15) is 18.0 Å². The largest absolute Gasteiger partial charge is 0.370 e. The zero-order chi connectivity index (χ0) is 15.1. The Morgan fingerprint density at radius 2 is 1.90 bits per heavy atom. The van der Waals surface area contributed by atoms with Crippen molar-refractivity contribution in [1.29, 1.82) is 0 Å². The molecule has 0 aliphatic heterocycles. The minimum atomic E-state index is 0.785. The van der Waals surface area contributed by atoms with E-state index in [0.717, 1.165) is 34.8 Å². The molecule has 2 rings (SSSR count). The molecule has 1 heterocycles. The van der Waals surface area contributed by atoms with E-state index in [9.17, 15) is 0 Å². The Morgan fingerprint density at radius 3 is 2.67 bits per heavy atom. The number of hydrogen-bond donors (Lipinski definition) is 2. The van der Waals surface area contributed by atoms with Gasteiger partial charge in [-0.3, -0.25) is 0 Å². The first-order valence-electron chi connectivity index (χ1n) is 7.28. The van der Waals surface area contributed by atoms with Crippen molar-refractivity contribution in [3.05, 3.63) is 40.6 Å². The summed E-state index contributed by atoms with van der Waals surface area (Å²) in [5.41, 5.74) is 2.21. The lowest BCUT2D eigenvalue weighted by Crippen LogP contribution is -2.04. The molecule has 2 N–H and O–H groups in total. The molecule has 0 spiro atoms. The summed E-state index contributed by atoms with van der Waals surface area (Å²) >= 11 is 3.56. The Labute approximate surface area is 134 Å². The zero-order valence-corrected chi connectivity index (χ0v) is 14.1. The first-order valence-corrected chi connectivity index (χ1v) is 8.07. The summed E-state index contributed by atoms with van der Waals surface area (Å²) in [6.45, 7) is 5.21. The quantitative estimate of drug-likeness (QED) is 0.699. The number of halogens is 1. The molecule has 4 nitrogen and oxygen atoms in total. The van der Waals surface area contributed by atoms with Gasteiger partial charge in [-0.2, -0.15) is 0 Å². The van der Waals surface area contributed by atoms with Crippen molar-refractivity contribution in [2.45, 2.75) is 33.1 Å². The second kappa shape index (κ2) is 7.98. The fraction of sp³-hybridized carbons (Fsp3) is 0.375. The summed E-state index contributed by atoms with van der Waals surface area (Å²) in [4.78, 5) is 8.50. The average Bonchev–Trinajstić information content (AvgIpc) is 2.47. The monoisotopic (exact) mass is 348 g/mol. The molecule has 1 aromatic carbocycles. The molecule has 0 aliphatic rings. The normalized spacial score (nSPS) is 10.4. The van der Waals surface area contributed by atoms with Crippen molar-refractivity contribution in [3.63, 3.8) is 0 Å². The standard InChI is InChI=1S/C16H21BrN4/c1-3-4-5-8-18-15-10-16(20-11-19-15)21-14-7-6-12(2)9-13(14)17/h6-7,9-11H,3-5,8H2,1-2H3,(H2,18,19,20,21). The molecule has 0 saturated carbocycles. The molecule has 21 heavy (non-hydrogen) atoms. The lowest BCUT2D eigenvalue weighted by molar-refractivity contribution is 0.742. The van der Waals surface area contributed by atoms with E-state index >= 15 is 0 Å². The highest BCUT2D eigenvalue weighted by Crippen LogP contribution is 2.26. The molecule has 0 saturated heterocycles. The SMILES string of the molecule is CCCCCNc1cc(Nc2ccc(C)cc2Br)ncn1. The first kappa shape index (κ1) is 15.8. The van der Waals surface area contributed by atoms with E-state index in [1.165, 1.54) is 18.4 Å². The first-order chi connectivity index (χ1) is 10.2. The predicted molar refractivity (Wildman–Crippen MR) is 92.2 cm³/mol. The van der Waals surface area contributed by atoms with Crippen molar-refractivity contribution < 1.29 is 0 Å². The van der Waals surface area contributed by atoms with Crippen molar-refractivity contribution in [1.82, 2.24) is 9.97 Å². The summed E-state index contributed by atoms with van der Waals surface area (Å²) in [6.07, 6.45) is 5.19. The van der Waals surface area contributed by atoms with Gasteiger partial charge in [0.25, 0.3) is 0 Å². The number of aryl methyl sites for hydroxylation is 1. The van der Waals surface area contributed by atoms with Gasteiger partial charge >= 0.3 is 0 Å².